The highest BCUT2D eigenvalue weighted by Crippen LogP contribution is 2.28. The van der Waals surface area contributed by atoms with E-state index >= 15 is 0 Å². The minimum Gasteiger partial charge on any atom is -0.345 e. The molecule has 0 bridgehead atoms. The maximum Gasteiger partial charge on any atom is 0.315 e. The van der Waals surface area contributed by atoms with Gasteiger partial charge in [0.15, 0.2) is 5.13 Å². The van der Waals surface area contributed by atoms with Crippen molar-refractivity contribution >= 4 is 28.3 Å². The zero-order valence-electron chi connectivity index (χ0n) is 13.7. The molecule has 1 saturated heterocycles. The van der Waals surface area contributed by atoms with E-state index in [9.17, 15) is 9.59 Å². The monoisotopic (exact) mass is 324 g/mol. The smallest absolute Gasteiger partial charge is 0.315 e. The Kier molecular flexibility index (Phi) is 4.58. The lowest BCUT2D eigenvalue weighted by Gasteiger charge is -2.46. The molecule has 1 aliphatic rings. The Bertz CT molecular complexity index is 564. The quantitative estimate of drug-likeness (QED) is 0.725. The molecule has 1 aliphatic heterocycles. The van der Waals surface area contributed by atoms with Gasteiger partial charge in [-0.3, -0.25) is 14.9 Å². The first-order chi connectivity index (χ1) is 10.1. The second kappa shape index (κ2) is 5.96. The second-order valence-electron chi connectivity index (χ2n) is 7.20. The fraction of sp³-hybridized carbons (Fsp3) is 0.667. The molecular weight excluding hydrogens is 300 g/mol. The summed E-state index contributed by atoms with van der Waals surface area (Å²) in [5.74, 6) is -1.27. The van der Waals surface area contributed by atoms with E-state index < -0.39 is 11.8 Å². The van der Waals surface area contributed by atoms with E-state index in [4.69, 9.17) is 0 Å². The summed E-state index contributed by atoms with van der Waals surface area (Å²) in [6.07, 6.45) is 3.23. The highest BCUT2D eigenvalue weighted by Gasteiger charge is 2.38. The van der Waals surface area contributed by atoms with E-state index in [2.05, 4.69) is 48.6 Å². The second-order valence-corrected chi connectivity index (χ2v) is 8.44. The van der Waals surface area contributed by atoms with Crippen molar-refractivity contribution in [1.82, 2.24) is 15.6 Å². The van der Waals surface area contributed by atoms with Gasteiger partial charge in [0, 0.05) is 28.2 Å². The van der Waals surface area contributed by atoms with Crippen LogP contribution in [0.25, 0.3) is 0 Å². The van der Waals surface area contributed by atoms with Crippen LogP contribution in [0.2, 0.25) is 0 Å². The average molecular weight is 324 g/mol. The minimum absolute atomic E-state index is 0.0254. The van der Waals surface area contributed by atoms with E-state index in [1.165, 1.54) is 11.3 Å². The van der Waals surface area contributed by atoms with Gasteiger partial charge in [-0.2, -0.15) is 0 Å². The lowest BCUT2D eigenvalue weighted by Crippen LogP contribution is -2.62. The van der Waals surface area contributed by atoms with E-state index in [1.54, 1.807) is 6.20 Å². The van der Waals surface area contributed by atoms with Crippen LogP contribution in [0.5, 0.6) is 0 Å². The van der Waals surface area contributed by atoms with Gasteiger partial charge in [-0.25, -0.2) is 4.98 Å². The number of piperidine rings is 1. The maximum atomic E-state index is 12.1. The van der Waals surface area contributed by atoms with Crippen molar-refractivity contribution in [2.45, 2.75) is 64.6 Å². The average Bonchev–Trinajstić information content (AvgIpc) is 2.70. The van der Waals surface area contributed by atoms with Crippen LogP contribution < -0.4 is 16.0 Å². The van der Waals surface area contributed by atoms with Crippen molar-refractivity contribution < 1.29 is 9.59 Å². The number of thiazole rings is 1. The summed E-state index contributed by atoms with van der Waals surface area (Å²) in [4.78, 5) is 29.0. The summed E-state index contributed by atoms with van der Waals surface area (Å²) < 4.78 is 0. The summed E-state index contributed by atoms with van der Waals surface area (Å²) in [5, 5.41) is 9.37. The van der Waals surface area contributed by atoms with Crippen LogP contribution in [0.15, 0.2) is 6.20 Å². The van der Waals surface area contributed by atoms with Gasteiger partial charge in [0.2, 0.25) is 0 Å². The third-order valence-corrected chi connectivity index (χ3v) is 4.40. The highest BCUT2D eigenvalue weighted by molar-refractivity contribution is 7.15. The normalized spacial score (nSPS) is 20.4. The van der Waals surface area contributed by atoms with Crippen molar-refractivity contribution in [3.8, 4) is 0 Å². The number of hydrogen-bond acceptors (Lipinski definition) is 5. The van der Waals surface area contributed by atoms with Crippen molar-refractivity contribution in [1.29, 1.82) is 0 Å². The van der Waals surface area contributed by atoms with Gasteiger partial charge in [0.1, 0.15) is 0 Å². The lowest BCUT2D eigenvalue weighted by atomic mass is 9.79. The van der Waals surface area contributed by atoms with Crippen molar-refractivity contribution in [3.05, 3.63) is 11.1 Å². The predicted octanol–water partition coefficient (Wildman–Crippen LogP) is 1.82. The van der Waals surface area contributed by atoms with Gasteiger partial charge < -0.3 is 10.6 Å². The standard InChI is InChI=1S/C15H24N4O2S/c1-9-8-16-13(22-9)18-12(21)11(20)17-10-6-14(2,3)19-15(4,5)7-10/h8,10,19H,6-7H2,1-5H3,(H,17,20)(H,16,18,21). The highest BCUT2D eigenvalue weighted by atomic mass is 32.1. The van der Waals surface area contributed by atoms with Gasteiger partial charge in [-0.05, 0) is 47.5 Å². The molecule has 0 unspecified atom stereocenters. The number of nitrogens with one attached hydrogen (secondary N) is 3. The molecule has 1 aromatic heterocycles. The largest absolute Gasteiger partial charge is 0.345 e. The molecule has 0 atom stereocenters. The van der Waals surface area contributed by atoms with Crippen molar-refractivity contribution in [3.63, 3.8) is 0 Å². The molecule has 2 heterocycles. The Labute approximate surface area is 135 Å². The van der Waals surface area contributed by atoms with E-state index in [-0.39, 0.29) is 17.1 Å². The number of nitrogens with zero attached hydrogens (tertiary/aromatic N) is 1. The minimum atomic E-state index is -0.663. The van der Waals surface area contributed by atoms with Crippen molar-refractivity contribution in [2.75, 3.05) is 5.32 Å². The van der Waals surface area contributed by atoms with Crippen LogP contribution in [0, 0.1) is 6.92 Å². The van der Waals surface area contributed by atoms with Crippen LogP contribution in [-0.4, -0.2) is 33.9 Å². The molecule has 2 amide bonds. The van der Waals surface area contributed by atoms with Crippen LogP contribution in [-0.2, 0) is 9.59 Å². The Morgan fingerprint density at radius 2 is 1.82 bits per heavy atom. The molecule has 0 saturated carbocycles. The predicted molar refractivity (Wildman–Crippen MR) is 87.9 cm³/mol. The summed E-state index contributed by atoms with van der Waals surface area (Å²) in [6, 6.07) is -0.0254. The molecule has 1 fully saturated rings. The molecule has 0 aliphatic carbocycles. The summed E-state index contributed by atoms with van der Waals surface area (Å²) in [6.45, 7) is 10.3. The Balaban J connectivity index is 1.94. The fourth-order valence-electron chi connectivity index (χ4n) is 3.24. The zero-order valence-corrected chi connectivity index (χ0v) is 14.6. The molecule has 0 aromatic carbocycles. The van der Waals surface area contributed by atoms with E-state index in [1.807, 2.05) is 6.92 Å². The van der Waals surface area contributed by atoms with E-state index in [0.717, 1.165) is 17.7 Å². The third-order valence-electron chi connectivity index (χ3n) is 3.57. The molecule has 0 spiro atoms. The molecule has 6 nitrogen and oxygen atoms in total. The molecule has 22 heavy (non-hydrogen) atoms. The van der Waals surface area contributed by atoms with Gasteiger partial charge in [0.05, 0.1) is 0 Å². The molecular formula is C15H24N4O2S. The van der Waals surface area contributed by atoms with Gasteiger partial charge in [-0.1, -0.05) is 0 Å². The first kappa shape index (κ1) is 16.9. The zero-order chi connectivity index (χ0) is 16.5. The Morgan fingerprint density at radius 1 is 1.23 bits per heavy atom. The number of hydrogen-bond donors (Lipinski definition) is 3. The molecule has 1 aromatic rings. The summed E-state index contributed by atoms with van der Waals surface area (Å²) in [7, 11) is 0. The van der Waals surface area contributed by atoms with Gasteiger partial charge in [0.25, 0.3) is 0 Å². The topological polar surface area (TPSA) is 83.1 Å². The lowest BCUT2D eigenvalue weighted by molar-refractivity contribution is -0.137. The number of rotatable bonds is 2. The number of anilines is 1. The maximum absolute atomic E-state index is 12.1. The molecule has 7 heteroatoms. The number of aryl methyl sites for hydroxylation is 1. The molecule has 0 radical (unpaired) electrons. The first-order valence-electron chi connectivity index (χ1n) is 7.40. The fourth-order valence-corrected chi connectivity index (χ4v) is 3.90. The summed E-state index contributed by atoms with van der Waals surface area (Å²) in [5.41, 5.74) is -0.162. The number of aromatic nitrogens is 1. The van der Waals surface area contributed by atoms with Crippen molar-refractivity contribution in [2.24, 2.45) is 0 Å². The van der Waals surface area contributed by atoms with Crippen LogP contribution >= 0.6 is 11.3 Å². The number of amides is 2. The van der Waals surface area contributed by atoms with Crippen LogP contribution in [0.1, 0.15) is 45.4 Å². The Morgan fingerprint density at radius 3 is 2.32 bits per heavy atom. The number of carbonyl (C=O) groups is 2. The van der Waals surface area contributed by atoms with Gasteiger partial charge in [-0.15, -0.1) is 11.3 Å². The Hall–Kier alpha value is -1.47. The summed E-state index contributed by atoms with van der Waals surface area (Å²) >= 11 is 1.35. The van der Waals surface area contributed by atoms with Crippen LogP contribution in [0.4, 0.5) is 5.13 Å². The van der Waals surface area contributed by atoms with Crippen LogP contribution in [0.3, 0.4) is 0 Å². The molecule has 2 rings (SSSR count). The molecule has 122 valence electrons. The third kappa shape index (κ3) is 4.51. The first-order valence-corrected chi connectivity index (χ1v) is 8.22. The SMILES string of the molecule is Cc1cnc(NC(=O)C(=O)NC2CC(C)(C)NC(C)(C)C2)s1. The van der Waals surface area contributed by atoms with E-state index in [0.29, 0.717) is 5.13 Å². The molecule has 3 N–H and O–H groups in total. The van der Waals surface area contributed by atoms with Gasteiger partial charge >= 0.3 is 11.8 Å². The number of carbonyl (C=O) groups excluding carboxylic acids is 2.